The Balaban J connectivity index is 1.76. The molecule has 2 N–H and O–H groups in total. The van der Waals surface area contributed by atoms with E-state index in [2.05, 4.69) is 34.7 Å². The van der Waals surface area contributed by atoms with E-state index in [9.17, 15) is 4.79 Å². The van der Waals surface area contributed by atoms with Gasteiger partial charge in [0.2, 0.25) is 0 Å². The van der Waals surface area contributed by atoms with Crippen LogP contribution in [0.3, 0.4) is 0 Å². The van der Waals surface area contributed by atoms with Gasteiger partial charge in [0.25, 0.3) is 0 Å². The normalized spacial score (nSPS) is 12.4. The highest BCUT2D eigenvalue weighted by atomic mass is 16.3. The van der Waals surface area contributed by atoms with Crippen LogP contribution in [0.25, 0.3) is 11.5 Å². The molecule has 3 rings (SSSR count). The molecule has 0 aliphatic heterocycles. The standard InChI is InChI=1S/C17H22N6O2/c1-11(2)15(12-8-18-22(3)9-12)20-17(24)19-13-10-23(4)21-16(13)14-6-5-7-25-14/h5-11,15H,1-4H3,(H2,19,20,24). The van der Waals surface area contributed by atoms with Crippen LogP contribution in [0, 0.1) is 5.92 Å². The van der Waals surface area contributed by atoms with E-state index >= 15 is 0 Å². The van der Waals surface area contributed by atoms with Gasteiger partial charge in [0.15, 0.2) is 11.5 Å². The Hall–Kier alpha value is -3.03. The van der Waals surface area contributed by atoms with E-state index in [0.717, 1.165) is 5.56 Å². The van der Waals surface area contributed by atoms with E-state index in [-0.39, 0.29) is 18.0 Å². The van der Waals surface area contributed by atoms with Crippen molar-refractivity contribution in [3.8, 4) is 11.5 Å². The zero-order chi connectivity index (χ0) is 18.0. The summed E-state index contributed by atoms with van der Waals surface area (Å²) in [4.78, 5) is 12.5. The number of anilines is 1. The minimum atomic E-state index is -0.302. The molecule has 8 nitrogen and oxygen atoms in total. The molecule has 0 spiro atoms. The average Bonchev–Trinajstić information content (AvgIpc) is 3.26. The van der Waals surface area contributed by atoms with E-state index in [4.69, 9.17) is 4.42 Å². The van der Waals surface area contributed by atoms with Crippen molar-refractivity contribution >= 4 is 11.7 Å². The highest BCUT2D eigenvalue weighted by molar-refractivity contribution is 5.93. The summed E-state index contributed by atoms with van der Waals surface area (Å²) in [5.74, 6) is 0.817. The number of carbonyl (C=O) groups excluding carboxylic acids is 1. The number of amides is 2. The second-order valence-electron chi connectivity index (χ2n) is 6.31. The van der Waals surface area contributed by atoms with Gasteiger partial charge in [0.05, 0.1) is 24.2 Å². The molecular weight excluding hydrogens is 320 g/mol. The molecule has 0 bridgehead atoms. The van der Waals surface area contributed by atoms with Crippen molar-refractivity contribution in [3.05, 3.63) is 42.5 Å². The predicted molar refractivity (Wildman–Crippen MR) is 93.9 cm³/mol. The predicted octanol–water partition coefficient (Wildman–Crippen LogP) is 2.93. The Labute approximate surface area is 145 Å². The lowest BCUT2D eigenvalue weighted by molar-refractivity contribution is 0.244. The van der Waals surface area contributed by atoms with Gasteiger partial charge in [-0.25, -0.2) is 4.79 Å². The number of aromatic nitrogens is 4. The molecule has 1 unspecified atom stereocenters. The van der Waals surface area contributed by atoms with Crippen molar-refractivity contribution in [1.82, 2.24) is 24.9 Å². The van der Waals surface area contributed by atoms with Crippen molar-refractivity contribution in [2.24, 2.45) is 20.0 Å². The first-order valence-electron chi connectivity index (χ1n) is 8.07. The highest BCUT2D eigenvalue weighted by Gasteiger charge is 2.21. The molecule has 25 heavy (non-hydrogen) atoms. The molecule has 3 aromatic rings. The van der Waals surface area contributed by atoms with Gasteiger partial charge >= 0.3 is 6.03 Å². The van der Waals surface area contributed by atoms with Gasteiger partial charge in [0.1, 0.15) is 0 Å². The maximum atomic E-state index is 12.5. The molecule has 0 aliphatic rings. The number of aryl methyl sites for hydroxylation is 2. The summed E-state index contributed by atoms with van der Waals surface area (Å²) in [5.41, 5.74) is 2.14. The van der Waals surface area contributed by atoms with E-state index < -0.39 is 0 Å². The van der Waals surface area contributed by atoms with E-state index in [1.165, 1.54) is 0 Å². The SMILES string of the molecule is CC(C)C(NC(=O)Nc1cn(C)nc1-c1ccco1)c1cnn(C)c1. The number of hydrogen-bond acceptors (Lipinski definition) is 4. The van der Waals surface area contributed by atoms with Crippen LogP contribution < -0.4 is 10.6 Å². The van der Waals surface area contributed by atoms with Crippen LogP contribution in [0.4, 0.5) is 10.5 Å². The molecule has 0 fully saturated rings. The van der Waals surface area contributed by atoms with Gasteiger partial charge in [-0.1, -0.05) is 13.8 Å². The van der Waals surface area contributed by atoms with Gasteiger partial charge in [-0.2, -0.15) is 10.2 Å². The first-order valence-corrected chi connectivity index (χ1v) is 8.07. The second-order valence-corrected chi connectivity index (χ2v) is 6.31. The summed E-state index contributed by atoms with van der Waals surface area (Å²) in [5, 5.41) is 14.4. The first kappa shape index (κ1) is 16.8. The van der Waals surface area contributed by atoms with Crippen LogP contribution in [0.15, 0.2) is 41.4 Å². The number of nitrogens with one attached hydrogen (secondary N) is 2. The van der Waals surface area contributed by atoms with Crippen molar-refractivity contribution in [1.29, 1.82) is 0 Å². The van der Waals surface area contributed by atoms with Gasteiger partial charge in [0, 0.05) is 32.1 Å². The van der Waals surface area contributed by atoms with Crippen molar-refractivity contribution < 1.29 is 9.21 Å². The average molecular weight is 342 g/mol. The molecule has 0 saturated heterocycles. The zero-order valence-electron chi connectivity index (χ0n) is 14.7. The fourth-order valence-corrected chi connectivity index (χ4v) is 2.71. The van der Waals surface area contributed by atoms with Gasteiger partial charge in [-0.15, -0.1) is 0 Å². The van der Waals surface area contributed by atoms with Gasteiger partial charge in [-0.3, -0.25) is 9.36 Å². The Morgan fingerprint density at radius 1 is 1.24 bits per heavy atom. The minimum absolute atomic E-state index is 0.141. The van der Waals surface area contributed by atoms with E-state index in [0.29, 0.717) is 17.1 Å². The monoisotopic (exact) mass is 342 g/mol. The van der Waals surface area contributed by atoms with Gasteiger partial charge in [-0.05, 0) is 18.1 Å². The third kappa shape index (κ3) is 3.73. The lowest BCUT2D eigenvalue weighted by Gasteiger charge is -2.21. The summed E-state index contributed by atoms with van der Waals surface area (Å²) in [6.45, 7) is 4.10. The Bertz CT molecular complexity index is 847. The summed E-state index contributed by atoms with van der Waals surface area (Å²) in [6.07, 6.45) is 6.99. The number of rotatable bonds is 5. The molecule has 3 aromatic heterocycles. The second kappa shape index (κ2) is 6.84. The lowest BCUT2D eigenvalue weighted by atomic mass is 9.99. The molecule has 132 valence electrons. The summed E-state index contributed by atoms with van der Waals surface area (Å²) in [7, 11) is 3.65. The number of furan rings is 1. The first-order chi connectivity index (χ1) is 11.9. The van der Waals surface area contributed by atoms with Crippen molar-refractivity contribution in [2.45, 2.75) is 19.9 Å². The Morgan fingerprint density at radius 3 is 2.64 bits per heavy atom. The number of urea groups is 1. The molecule has 0 saturated carbocycles. The highest BCUT2D eigenvalue weighted by Crippen LogP contribution is 2.27. The van der Waals surface area contributed by atoms with Crippen molar-refractivity contribution in [3.63, 3.8) is 0 Å². The molecule has 2 amide bonds. The molecule has 3 heterocycles. The van der Waals surface area contributed by atoms with Gasteiger partial charge < -0.3 is 15.1 Å². The van der Waals surface area contributed by atoms with Crippen LogP contribution in [0.2, 0.25) is 0 Å². The van der Waals surface area contributed by atoms with Crippen LogP contribution in [0.5, 0.6) is 0 Å². The molecule has 0 aromatic carbocycles. The number of nitrogens with zero attached hydrogens (tertiary/aromatic N) is 4. The Kier molecular flexibility index (Phi) is 4.60. The Morgan fingerprint density at radius 2 is 2.04 bits per heavy atom. The molecular formula is C17H22N6O2. The topological polar surface area (TPSA) is 89.9 Å². The van der Waals surface area contributed by atoms with Crippen LogP contribution >= 0.6 is 0 Å². The van der Waals surface area contributed by atoms with E-state index in [1.54, 1.807) is 47.2 Å². The van der Waals surface area contributed by atoms with Crippen LogP contribution in [0.1, 0.15) is 25.5 Å². The van der Waals surface area contributed by atoms with E-state index in [1.807, 2.05) is 13.2 Å². The summed E-state index contributed by atoms with van der Waals surface area (Å²) >= 11 is 0. The smallest absolute Gasteiger partial charge is 0.319 e. The van der Waals surface area contributed by atoms with Crippen LogP contribution in [-0.2, 0) is 14.1 Å². The maximum Gasteiger partial charge on any atom is 0.319 e. The number of carbonyl (C=O) groups is 1. The molecule has 0 radical (unpaired) electrons. The fraction of sp³-hybridized carbons (Fsp3) is 0.353. The minimum Gasteiger partial charge on any atom is -0.463 e. The largest absolute Gasteiger partial charge is 0.463 e. The fourth-order valence-electron chi connectivity index (χ4n) is 2.71. The maximum absolute atomic E-state index is 12.5. The third-order valence-corrected chi connectivity index (χ3v) is 3.87. The molecule has 8 heteroatoms. The number of hydrogen-bond donors (Lipinski definition) is 2. The summed E-state index contributed by atoms with van der Waals surface area (Å²) < 4.78 is 8.74. The lowest BCUT2D eigenvalue weighted by Crippen LogP contribution is -2.35. The zero-order valence-corrected chi connectivity index (χ0v) is 14.7. The summed E-state index contributed by atoms with van der Waals surface area (Å²) in [6, 6.07) is 3.14. The van der Waals surface area contributed by atoms with Crippen LogP contribution in [-0.4, -0.2) is 25.6 Å². The third-order valence-electron chi connectivity index (χ3n) is 3.87. The van der Waals surface area contributed by atoms with Crippen molar-refractivity contribution in [2.75, 3.05) is 5.32 Å². The molecule has 1 atom stereocenters. The quantitative estimate of drug-likeness (QED) is 0.746. The molecule has 0 aliphatic carbocycles.